The van der Waals surface area contributed by atoms with E-state index in [0.717, 1.165) is 16.9 Å². The minimum Gasteiger partial charge on any atom is -0.334 e. The molecule has 2 fully saturated rings. The van der Waals surface area contributed by atoms with Gasteiger partial charge in [-0.2, -0.15) is 0 Å². The normalized spacial score (nSPS) is 27.2. The molecule has 0 bridgehead atoms. The van der Waals surface area contributed by atoms with Gasteiger partial charge in [0.1, 0.15) is 5.69 Å². The van der Waals surface area contributed by atoms with Crippen molar-refractivity contribution in [1.29, 1.82) is 0 Å². The highest BCUT2D eigenvalue weighted by molar-refractivity contribution is 9.10. The smallest absolute Gasteiger partial charge is 0.273 e. The number of rotatable bonds is 1. The standard InChI is InChI=1S/C13H15BrN2O/c14-10-4-2-7-15-12(10)13(17)16-8-6-9-3-1-5-11(9)16/h2,4,7,9,11H,1,3,5-6,8H2. The number of carbonyl (C=O) groups is 1. The van der Waals surface area contributed by atoms with Crippen LogP contribution in [0.15, 0.2) is 22.8 Å². The van der Waals surface area contributed by atoms with E-state index in [4.69, 9.17) is 0 Å². The molecule has 2 heterocycles. The van der Waals surface area contributed by atoms with E-state index in [1.54, 1.807) is 6.20 Å². The zero-order valence-corrected chi connectivity index (χ0v) is 11.2. The Hall–Kier alpha value is -0.900. The van der Waals surface area contributed by atoms with Gasteiger partial charge in [0.05, 0.1) is 0 Å². The van der Waals surface area contributed by atoms with Crippen molar-refractivity contribution in [3.8, 4) is 0 Å². The van der Waals surface area contributed by atoms with Gasteiger partial charge >= 0.3 is 0 Å². The molecule has 1 saturated heterocycles. The molecular formula is C13H15BrN2O. The zero-order valence-electron chi connectivity index (χ0n) is 9.60. The first-order valence-electron chi connectivity index (χ1n) is 6.19. The van der Waals surface area contributed by atoms with Crippen LogP contribution in [-0.2, 0) is 0 Å². The summed E-state index contributed by atoms with van der Waals surface area (Å²) in [5.41, 5.74) is 0.556. The van der Waals surface area contributed by atoms with E-state index in [0.29, 0.717) is 11.7 Å². The molecule has 2 aliphatic rings. The minimum absolute atomic E-state index is 0.0897. The number of halogens is 1. The number of nitrogens with zero attached hydrogens (tertiary/aromatic N) is 2. The maximum Gasteiger partial charge on any atom is 0.273 e. The maximum absolute atomic E-state index is 12.4. The molecule has 0 spiro atoms. The molecule has 1 aromatic rings. The molecule has 3 nitrogen and oxygen atoms in total. The van der Waals surface area contributed by atoms with Gasteiger partial charge in [0.2, 0.25) is 0 Å². The Morgan fingerprint density at radius 1 is 1.41 bits per heavy atom. The molecule has 90 valence electrons. The first kappa shape index (κ1) is 11.2. The SMILES string of the molecule is O=C(c1ncccc1Br)N1CCC2CCCC21. The van der Waals surface area contributed by atoms with Crippen molar-refractivity contribution in [2.45, 2.75) is 31.7 Å². The van der Waals surface area contributed by atoms with Crippen molar-refractivity contribution < 1.29 is 4.79 Å². The van der Waals surface area contributed by atoms with E-state index in [9.17, 15) is 4.79 Å². The summed E-state index contributed by atoms with van der Waals surface area (Å²) in [4.78, 5) is 18.7. The molecule has 1 saturated carbocycles. The van der Waals surface area contributed by atoms with Gasteiger partial charge in [-0.25, -0.2) is 4.98 Å². The number of fused-ring (bicyclic) bond motifs is 1. The summed E-state index contributed by atoms with van der Waals surface area (Å²) in [6.45, 7) is 0.900. The van der Waals surface area contributed by atoms with Gasteiger partial charge in [0.15, 0.2) is 0 Å². The van der Waals surface area contributed by atoms with Crippen LogP contribution in [0.25, 0.3) is 0 Å². The second-order valence-electron chi connectivity index (χ2n) is 4.88. The molecular weight excluding hydrogens is 280 g/mol. The summed E-state index contributed by atoms with van der Waals surface area (Å²) in [5.74, 6) is 0.827. The summed E-state index contributed by atoms with van der Waals surface area (Å²) < 4.78 is 0.798. The Kier molecular flexibility index (Phi) is 2.90. The highest BCUT2D eigenvalue weighted by Gasteiger charge is 2.40. The average molecular weight is 295 g/mol. The topological polar surface area (TPSA) is 33.2 Å². The Bertz CT molecular complexity index is 449. The van der Waals surface area contributed by atoms with Crippen LogP contribution < -0.4 is 0 Å². The third kappa shape index (κ3) is 1.88. The lowest BCUT2D eigenvalue weighted by Crippen LogP contribution is -2.36. The van der Waals surface area contributed by atoms with Crippen LogP contribution in [0.3, 0.4) is 0 Å². The van der Waals surface area contributed by atoms with Crippen LogP contribution in [0.5, 0.6) is 0 Å². The van der Waals surface area contributed by atoms with E-state index in [1.165, 1.54) is 25.7 Å². The molecule has 2 atom stereocenters. The molecule has 4 heteroatoms. The molecule has 1 aliphatic heterocycles. The van der Waals surface area contributed by atoms with Crippen LogP contribution in [0.2, 0.25) is 0 Å². The summed E-state index contributed by atoms with van der Waals surface area (Å²) in [6.07, 6.45) is 6.57. The van der Waals surface area contributed by atoms with Gasteiger partial charge in [-0.3, -0.25) is 4.79 Å². The second kappa shape index (κ2) is 4.41. The number of likely N-dealkylation sites (tertiary alicyclic amines) is 1. The first-order valence-corrected chi connectivity index (χ1v) is 6.98. The number of amides is 1. The van der Waals surface area contributed by atoms with Crippen molar-refractivity contribution in [1.82, 2.24) is 9.88 Å². The molecule has 0 N–H and O–H groups in total. The lowest BCUT2D eigenvalue weighted by Gasteiger charge is -2.23. The van der Waals surface area contributed by atoms with E-state index < -0.39 is 0 Å². The van der Waals surface area contributed by atoms with Gasteiger partial charge in [-0.1, -0.05) is 6.42 Å². The summed E-state index contributed by atoms with van der Waals surface area (Å²) in [7, 11) is 0. The summed E-state index contributed by atoms with van der Waals surface area (Å²) in [6, 6.07) is 4.18. The van der Waals surface area contributed by atoms with Crippen LogP contribution in [0, 0.1) is 5.92 Å². The highest BCUT2D eigenvalue weighted by Crippen LogP contribution is 2.38. The fourth-order valence-electron chi connectivity index (χ4n) is 3.17. The van der Waals surface area contributed by atoms with Crippen LogP contribution in [0.4, 0.5) is 0 Å². The third-order valence-corrected chi connectivity index (χ3v) is 4.62. The predicted molar refractivity (Wildman–Crippen MR) is 68.7 cm³/mol. The van der Waals surface area contributed by atoms with Crippen LogP contribution >= 0.6 is 15.9 Å². The number of hydrogen-bond donors (Lipinski definition) is 0. The average Bonchev–Trinajstić information content (AvgIpc) is 2.90. The van der Waals surface area contributed by atoms with Gasteiger partial charge in [0.25, 0.3) is 5.91 Å². The molecule has 0 aromatic carbocycles. The molecule has 1 aliphatic carbocycles. The fourth-order valence-corrected chi connectivity index (χ4v) is 3.59. The Labute approximate surface area is 109 Å². The van der Waals surface area contributed by atoms with Gasteiger partial charge in [-0.15, -0.1) is 0 Å². The molecule has 1 aromatic heterocycles. The monoisotopic (exact) mass is 294 g/mol. The van der Waals surface area contributed by atoms with Gasteiger partial charge in [-0.05, 0) is 53.2 Å². The number of pyridine rings is 1. The van der Waals surface area contributed by atoms with E-state index in [1.807, 2.05) is 17.0 Å². The summed E-state index contributed by atoms with van der Waals surface area (Å²) >= 11 is 3.41. The first-order chi connectivity index (χ1) is 8.27. The van der Waals surface area contributed by atoms with E-state index in [-0.39, 0.29) is 5.91 Å². The second-order valence-corrected chi connectivity index (χ2v) is 5.73. The predicted octanol–water partition coefficient (Wildman–Crippen LogP) is 2.86. The fraction of sp³-hybridized carbons (Fsp3) is 0.538. The van der Waals surface area contributed by atoms with Crippen molar-refractivity contribution >= 4 is 21.8 Å². The molecule has 0 radical (unpaired) electrons. The Morgan fingerprint density at radius 3 is 3.12 bits per heavy atom. The van der Waals surface area contributed by atoms with Gasteiger partial charge < -0.3 is 4.90 Å². The van der Waals surface area contributed by atoms with Crippen molar-refractivity contribution in [2.24, 2.45) is 5.92 Å². The Balaban J connectivity index is 1.85. The quantitative estimate of drug-likeness (QED) is 0.798. The van der Waals surface area contributed by atoms with Crippen molar-refractivity contribution in [3.63, 3.8) is 0 Å². The number of aromatic nitrogens is 1. The molecule has 2 unspecified atom stereocenters. The Morgan fingerprint density at radius 2 is 2.29 bits per heavy atom. The maximum atomic E-state index is 12.4. The zero-order chi connectivity index (χ0) is 11.8. The van der Waals surface area contributed by atoms with Crippen LogP contribution in [0.1, 0.15) is 36.2 Å². The van der Waals surface area contributed by atoms with E-state index >= 15 is 0 Å². The molecule has 17 heavy (non-hydrogen) atoms. The lowest BCUT2D eigenvalue weighted by molar-refractivity contribution is 0.0722. The van der Waals surface area contributed by atoms with Crippen molar-refractivity contribution in [3.05, 3.63) is 28.5 Å². The molecule has 1 amide bonds. The van der Waals surface area contributed by atoms with Crippen LogP contribution in [-0.4, -0.2) is 28.4 Å². The largest absolute Gasteiger partial charge is 0.334 e. The molecule has 3 rings (SSSR count). The third-order valence-electron chi connectivity index (χ3n) is 3.98. The van der Waals surface area contributed by atoms with Crippen molar-refractivity contribution in [2.75, 3.05) is 6.54 Å². The lowest BCUT2D eigenvalue weighted by atomic mass is 10.0. The minimum atomic E-state index is 0.0897. The van der Waals surface area contributed by atoms with E-state index in [2.05, 4.69) is 20.9 Å². The number of carbonyl (C=O) groups excluding carboxylic acids is 1. The summed E-state index contributed by atoms with van der Waals surface area (Å²) in [5, 5.41) is 0. The van der Waals surface area contributed by atoms with Gasteiger partial charge in [0, 0.05) is 23.3 Å². The number of hydrogen-bond acceptors (Lipinski definition) is 2. The highest BCUT2D eigenvalue weighted by atomic mass is 79.9.